The molecule has 0 bridgehead atoms. The van der Waals surface area contributed by atoms with E-state index in [1.807, 2.05) is 6.07 Å². The van der Waals surface area contributed by atoms with Crippen LogP contribution in [-0.4, -0.2) is 6.04 Å². The van der Waals surface area contributed by atoms with Gasteiger partial charge in [0.15, 0.2) is 4.67 Å². The lowest BCUT2D eigenvalue weighted by Gasteiger charge is -2.16. The number of hydrogen-bond donors (Lipinski definition) is 1. The molecule has 0 aromatic carbocycles. The zero-order chi connectivity index (χ0) is 12.7. The van der Waals surface area contributed by atoms with Crippen molar-refractivity contribution in [3.05, 3.63) is 21.0 Å². The lowest BCUT2D eigenvalue weighted by atomic mass is 10.1. The van der Waals surface area contributed by atoms with Crippen molar-refractivity contribution in [3.8, 4) is 0 Å². The zero-order valence-electron chi connectivity index (χ0n) is 10.6. The van der Waals surface area contributed by atoms with E-state index in [4.69, 9.17) is 4.42 Å². The first-order chi connectivity index (χ1) is 8.17. The Morgan fingerprint density at radius 1 is 1.24 bits per heavy atom. The summed E-state index contributed by atoms with van der Waals surface area (Å²) < 4.78 is 7.31. The third-order valence-electron chi connectivity index (χ3n) is 2.80. The first-order valence-corrected chi connectivity index (χ1v) is 7.93. The molecule has 1 heterocycles. The van der Waals surface area contributed by atoms with Crippen molar-refractivity contribution in [3.63, 3.8) is 0 Å². The summed E-state index contributed by atoms with van der Waals surface area (Å²) in [6, 6.07) is 2.63. The molecule has 0 aliphatic rings. The molecule has 0 amide bonds. The second kappa shape index (κ2) is 8.33. The molecule has 1 N–H and O–H groups in total. The van der Waals surface area contributed by atoms with Gasteiger partial charge in [0.05, 0.1) is 11.0 Å². The van der Waals surface area contributed by atoms with Crippen LogP contribution >= 0.6 is 31.9 Å². The summed E-state index contributed by atoms with van der Waals surface area (Å²) in [6.45, 7) is 5.28. The molecule has 1 atom stereocenters. The summed E-state index contributed by atoms with van der Waals surface area (Å²) in [5.74, 6) is 0.973. The molecule has 1 aromatic heterocycles. The molecule has 0 aliphatic heterocycles. The summed E-state index contributed by atoms with van der Waals surface area (Å²) in [5.41, 5.74) is 0. The van der Waals surface area contributed by atoms with Gasteiger partial charge in [0, 0.05) is 6.04 Å². The fraction of sp³-hybridized carbons (Fsp3) is 0.692. The van der Waals surface area contributed by atoms with Crippen LogP contribution in [0.4, 0.5) is 0 Å². The lowest BCUT2D eigenvalue weighted by molar-refractivity contribution is 0.397. The Bertz CT molecular complexity index is 306. The number of rotatable bonds is 8. The molecule has 0 fully saturated rings. The van der Waals surface area contributed by atoms with Crippen molar-refractivity contribution in [1.29, 1.82) is 0 Å². The van der Waals surface area contributed by atoms with E-state index < -0.39 is 0 Å². The van der Waals surface area contributed by atoms with E-state index in [1.165, 1.54) is 32.1 Å². The van der Waals surface area contributed by atoms with Gasteiger partial charge in [0.2, 0.25) is 0 Å². The van der Waals surface area contributed by atoms with Gasteiger partial charge in [-0.25, -0.2) is 0 Å². The molecular formula is C13H21Br2NO. The predicted octanol–water partition coefficient (Wildman–Crippen LogP) is 5.25. The highest BCUT2D eigenvalue weighted by molar-refractivity contribution is 9.13. The molecule has 0 saturated carbocycles. The van der Waals surface area contributed by atoms with E-state index >= 15 is 0 Å². The molecule has 1 unspecified atom stereocenters. The van der Waals surface area contributed by atoms with Gasteiger partial charge in [-0.3, -0.25) is 0 Å². The van der Waals surface area contributed by atoms with Crippen LogP contribution < -0.4 is 5.32 Å². The van der Waals surface area contributed by atoms with Gasteiger partial charge >= 0.3 is 0 Å². The van der Waals surface area contributed by atoms with Crippen LogP contribution in [0.25, 0.3) is 0 Å². The van der Waals surface area contributed by atoms with Crippen LogP contribution in [0.2, 0.25) is 0 Å². The Kier molecular flexibility index (Phi) is 7.47. The van der Waals surface area contributed by atoms with Crippen molar-refractivity contribution in [1.82, 2.24) is 5.32 Å². The van der Waals surface area contributed by atoms with Crippen molar-refractivity contribution in [2.75, 3.05) is 0 Å². The van der Waals surface area contributed by atoms with Gasteiger partial charge in [-0.15, -0.1) is 0 Å². The predicted molar refractivity (Wildman–Crippen MR) is 79.2 cm³/mol. The van der Waals surface area contributed by atoms with Crippen LogP contribution in [0.3, 0.4) is 0 Å². The van der Waals surface area contributed by atoms with E-state index in [0.29, 0.717) is 6.04 Å². The van der Waals surface area contributed by atoms with Crippen molar-refractivity contribution in [2.24, 2.45) is 0 Å². The molecule has 0 radical (unpaired) electrons. The number of hydrogen-bond acceptors (Lipinski definition) is 2. The smallest absolute Gasteiger partial charge is 0.183 e. The quantitative estimate of drug-likeness (QED) is 0.679. The topological polar surface area (TPSA) is 25.2 Å². The van der Waals surface area contributed by atoms with Crippen LogP contribution in [0, 0.1) is 0 Å². The fourth-order valence-electron chi connectivity index (χ4n) is 1.87. The minimum atomic E-state index is 0.614. The number of furan rings is 1. The van der Waals surface area contributed by atoms with E-state index in [-0.39, 0.29) is 0 Å². The van der Waals surface area contributed by atoms with Gasteiger partial charge in [-0.2, -0.15) is 0 Å². The standard InChI is InChI=1S/C13H21Br2NO/c1-3-5-7-10(6-4-2)16-9-11-8-12(14)13(15)17-11/h8,10,16H,3-7,9H2,1-2H3. The summed E-state index contributed by atoms with van der Waals surface area (Å²) in [4.78, 5) is 0. The van der Waals surface area contributed by atoms with Gasteiger partial charge < -0.3 is 9.73 Å². The average molecular weight is 367 g/mol. The Morgan fingerprint density at radius 2 is 2.00 bits per heavy atom. The number of unbranched alkanes of at least 4 members (excludes halogenated alkanes) is 1. The molecule has 2 nitrogen and oxygen atoms in total. The number of halogens is 2. The minimum Gasteiger partial charge on any atom is -0.452 e. The molecule has 98 valence electrons. The fourth-order valence-corrected chi connectivity index (χ4v) is 2.53. The molecule has 1 rings (SSSR count). The number of nitrogens with one attached hydrogen (secondary N) is 1. The second-order valence-corrected chi connectivity index (χ2v) is 5.92. The third kappa shape index (κ3) is 5.58. The van der Waals surface area contributed by atoms with E-state index in [9.17, 15) is 0 Å². The van der Waals surface area contributed by atoms with Crippen molar-refractivity contribution < 1.29 is 4.42 Å². The van der Waals surface area contributed by atoms with E-state index in [1.54, 1.807) is 0 Å². The molecule has 1 aromatic rings. The molecule has 4 heteroatoms. The normalized spacial score (nSPS) is 12.9. The minimum absolute atomic E-state index is 0.614. The van der Waals surface area contributed by atoms with Gasteiger partial charge in [-0.05, 0) is 50.8 Å². The van der Waals surface area contributed by atoms with E-state index in [0.717, 1.165) is 21.4 Å². The highest BCUT2D eigenvalue weighted by Crippen LogP contribution is 2.26. The molecule has 0 aliphatic carbocycles. The monoisotopic (exact) mass is 365 g/mol. The van der Waals surface area contributed by atoms with Crippen LogP contribution in [0.1, 0.15) is 51.7 Å². The van der Waals surface area contributed by atoms with Crippen LogP contribution in [0.5, 0.6) is 0 Å². The molecule has 0 spiro atoms. The maximum atomic E-state index is 5.55. The Labute approximate surface area is 121 Å². The SMILES string of the molecule is CCCCC(CCC)NCc1cc(Br)c(Br)o1. The summed E-state index contributed by atoms with van der Waals surface area (Å²) in [5, 5.41) is 3.58. The van der Waals surface area contributed by atoms with Gasteiger partial charge in [-0.1, -0.05) is 33.1 Å². The average Bonchev–Trinajstić information content (AvgIpc) is 2.62. The molecular weight excluding hydrogens is 346 g/mol. The van der Waals surface area contributed by atoms with Crippen LogP contribution in [0.15, 0.2) is 19.6 Å². The summed E-state index contributed by atoms with van der Waals surface area (Å²) in [7, 11) is 0. The Morgan fingerprint density at radius 3 is 2.53 bits per heavy atom. The summed E-state index contributed by atoms with van der Waals surface area (Å²) >= 11 is 6.78. The maximum Gasteiger partial charge on any atom is 0.183 e. The van der Waals surface area contributed by atoms with E-state index in [2.05, 4.69) is 51.0 Å². The van der Waals surface area contributed by atoms with Gasteiger partial charge in [0.1, 0.15) is 5.76 Å². The first-order valence-electron chi connectivity index (χ1n) is 6.34. The Balaban J connectivity index is 2.39. The van der Waals surface area contributed by atoms with Crippen molar-refractivity contribution >= 4 is 31.9 Å². The molecule has 0 saturated heterocycles. The molecule has 17 heavy (non-hydrogen) atoms. The highest BCUT2D eigenvalue weighted by Gasteiger charge is 2.10. The highest BCUT2D eigenvalue weighted by atomic mass is 79.9. The maximum absolute atomic E-state index is 5.55. The lowest BCUT2D eigenvalue weighted by Crippen LogP contribution is -2.28. The first kappa shape index (κ1) is 15.3. The van der Waals surface area contributed by atoms with Crippen molar-refractivity contribution in [2.45, 2.75) is 58.5 Å². The largest absolute Gasteiger partial charge is 0.452 e. The Hall–Kier alpha value is 0.200. The second-order valence-electron chi connectivity index (χ2n) is 4.34. The van der Waals surface area contributed by atoms with Gasteiger partial charge in [0.25, 0.3) is 0 Å². The summed E-state index contributed by atoms with van der Waals surface area (Å²) in [6.07, 6.45) is 6.28. The third-order valence-corrected chi connectivity index (χ3v) is 4.51. The van der Waals surface area contributed by atoms with Crippen LogP contribution in [-0.2, 0) is 6.54 Å². The zero-order valence-corrected chi connectivity index (χ0v) is 13.7.